The molecule has 1 aliphatic heterocycles. The van der Waals surface area contributed by atoms with Gasteiger partial charge in [0.15, 0.2) is 0 Å². The van der Waals surface area contributed by atoms with Gasteiger partial charge in [-0.1, -0.05) is 37.3 Å². The smallest absolute Gasteiger partial charge is 0.315 e. The molecule has 0 saturated carbocycles. The highest BCUT2D eigenvalue weighted by Crippen LogP contribution is 2.25. The van der Waals surface area contributed by atoms with Gasteiger partial charge in [0.2, 0.25) is 11.8 Å². The molecule has 0 aliphatic carbocycles. The molecule has 0 bridgehead atoms. The van der Waals surface area contributed by atoms with Crippen molar-refractivity contribution in [2.75, 3.05) is 18.2 Å². The summed E-state index contributed by atoms with van der Waals surface area (Å²) < 4.78 is 0. The second-order valence-corrected chi connectivity index (χ2v) is 6.95. The van der Waals surface area contributed by atoms with Crippen molar-refractivity contribution in [2.45, 2.75) is 31.7 Å². The molecule has 1 aromatic carbocycles. The van der Waals surface area contributed by atoms with Gasteiger partial charge in [0.25, 0.3) is 0 Å². The van der Waals surface area contributed by atoms with E-state index in [2.05, 4.69) is 5.32 Å². The fraction of sp³-hybridized carbons (Fsp3) is 0.471. The zero-order valence-electron chi connectivity index (χ0n) is 13.8. The highest BCUT2D eigenvalue weighted by atomic mass is 32.2. The highest BCUT2D eigenvalue weighted by molar-refractivity contribution is 7.99. The molecule has 1 saturated heterocycles. The highest BCUT2D eigenvalue weighted by Gasteiger charge is 2.38. The van der Waals surface area contributed by atoms with Crippen molar-refractivity contribution in [3.63, 3.8) is 0 Å². The number of benzene rings is 1. The van der Waals surface area contributed by atoms with E-state index in [4.69, 9.17) is 0 Å². The van der Waals surface area contributed by atoms with Gasteiger partial charge in [-0.15, -0.1) is 11.8 Å². The summed E-state index contributed by atoms with van der Waals surface area (Å²) in [5.41, 5.74) is -0.595. The minimum absolute atomic E-state index is 0.0273. The number of carboxylic acids is 1. The first-order valence-electron chi connectivity index (χ1n) is 7.84. The number of hydrogen-bond donors (Lipinski definition) is 2. The van der Waals surface area contributed by atoms with E-state index in [1.807, 2.05) is 6.07 Å². The summed E-state index contributed by atoms with van der Waals surface area (Å²) in [5.74, 6) is -0.336. The minimum atomic E-state index is -1.22. The van der Waals surface area contributed by atoms with Crippen molar-refractivity contribution < 1.29 is 19.5 Å². The number of carbonyl (C=O) groups excluding carboxylic acids is 2. The van der Waals surface area contributed by atoms with Crippen LogP contribution in [-0.4, -0.2) is 52.0 Å². The second-order valence-electron chi connectivity index (χ2n) is 5.95. The fourth-order valence-electron chi connectivity index (χ4n) is 2.60. The van der Waals surface area contributed by atoms with Gasteiger partial charge >= 0.3 is 5.97 Å². The molecule has 1 aliphatic rings. The molecule has 1 aromatic rings. The Balaban J connectivity index is 2.08. The summed E-state index contributed by atoms with van der Waals surface area (Å²) in [6.45, 7) is 3.32. The molecule has 7 heteroatoms. The molecule has 2 unspecified atom stereocenters. The summed E-state index contributed by atoms with van der Waals surface area (Å²) >= 11 is 1.53. The third-order valence-corrected chi connectivity index (χ3v) is 5.32. The predicted octanol–water partition coefficient (Wildman–Crippen LogP) is 1.46. The molecule has 2 N–H and O–H groups in total. The number of rotatable bonds is 6. The van der Waals surface area contributed by atoms with Crippen LogP contribution >= 0.6 is 11.8 Å². The molecule has 1 heterocycles. The van der Waals surface area contributed by atoms with Crippen LogP contribution in [0, 0.1) is 0 Å². The lowest BCUT2D eigenvalue weighted by atomic mass is 9.82. The van der Waals surface area contributed by atoms with Gasteiger partial charge in [0.1, 0.15) is 11.5 Å². The monoisotopic (exact) mass is 350 g/mol. The van der Waals surface area contributed by atoms with Crippen LogP contribution < -0.4 is 5.32 Å². The van der Waals surface area contributed by atoms with Crippen LogP contribution in [0.2, 0.25) is 0 Å². The Hall–Kier alpha value is -2.02. The minimum Gasteiger partial charge on any atom is -0.481 e. The number of nitrogens with one attached hydrogen (secondary N) is 1. The van der Waals surface area contributed by atoms with E-state index in [9.17, 15) is 19.5 Å². The standard InChI is InChI=1S/C17H22N2O4S/c1-3-14(20)19-11-24-9-13(19)15(21)18-10-17(2,16(22)23)12-7-5-4-6-8-12/h4-8,13H,3,9-11H2,1-2H3,(H,18,21)(H,22,23). The van der Waals surface area contributed by atoms with Gasteiger partial charge in [-0.05, 0) is 12.5 Å². The van der Waals surface area contributed by atoms with Gasteiger partial charge < -0.3 is 15.3 Å². The maximum atomic E-state index is 12.5. The van der Waals surface area contributed by atoms with Crippen LogP contribution in [0.4, 0.5) is 0 Å². The molecule has 0 aromatic heterocycles. The quantitative estimate of drug-likeness (QED) is 0.811. The van der Waals surface area contributed by atoms with Gasteiger partial charge in [0.05, 0.1) is 5.88 Å². The summed E-state index contributed by atoms with van der Waals surface area (Å²) in [6.07, 6.45) is 0.348. The third kappa shape index (κ3) is 3.72. The average molecular weight is 350 g/mol. The van der Waals surface area contributed by atoms with Crippen LogP contribution in [0.25, 0.3) is 0 Å². The SMILES string of the molecule is CCC(=O)N1CSCC1C(=O)NCC(C)(C(=O)O)c1ccccc1. The molecule has 1 fully saturated rings. The molecule has 2 atom stereocenters. The molecule has 2 amide bonds. The lowest BCUT2D eigenvalue weighted by Crippen LogP contribution is -2.51. The average Bonchev–Trinajstić information content (AvgIpc) is 3.09. The number of carbonyl (C=O) groups is 3. The first-order valence-corrected chi connectivity index (χ1v) is 8.99. The van der Waals surface area contributed by atoms with Gasteiger partial charge in [0, 0.05) is 18.7 Å². The Bertz CT molecular complexity index is 622. The van der Waals surface area contributed by atoms with Crippen molar-refractivity contribution in [2.24, 2.45) is 0 Å². The van der Waals surface area contributed by atoms with E-state index in [-0.39, 0.29) is 18.4 Å². The van der Waals surface area contributed by atoms with Crippen molar-refractivity contribution in [3.05, 3.63) is 35.9 Å². The van der Waals surface area contributed by atoms with Crippen LogP contribution in [0.1, 0.15) is 25.8 Å². The molecular formula is C17H22N2O4S. The molecule has 6 nitrogen and oxygen atoms in total. The molecule has 130 valence electrons. The van der Waals surface area contributed by atoms with Crippen molar-refractivity contribution >= 4 is 29.5 Å². The Morgan fingerprint density at radius 3 is 2.58 bits per heavy atom. The lowest BCUT2D eigenvalue weighted by Gasteiger charge is -2.28. The first-order chi connectivity index (χ1) is 11.4. The molecule has 2 rings (SSSR count). The molecule has 0 spiro atoms. The number of hydrogen-bond acceptors (Lipinski definition) is 4. The van der Waals surface area contributed by atoms with Gasteiger partial charge in [-0.25, -0.2) is 0 Å². The Labute approximate surface area is 145 Å². The molecule has 24 heavy (non-hydrogen) atoms. The Kier molecular flexibility index (Phi) is 5.88. The fourth-order valence-corrected chi connectivity index (χ4v) is 3.78. The number of aliphatic carboxylic acids is 1. The van der Waals surface area contributed by atoms with E-state index in [0.29, 0.717) is 23.6 Å². The summed E-state index contributed by atoms with van der Waals surface area (Å²) in [7, 11) is 0. The predicted molar refractivity (Wildman–Crippen MR) is 92.7 cm³/mol. The Morgan fingerprint density at radius 1 is 1.33 bits per heavy atom. The number of thioether (sulfide) groups is 1. The molecular weight excluding hydrogens is 328 g/mol. The van der Waals surface area contributed by atoms with E-state index in [1.54, 1.807) is 43.0 Å². The maximum Gasteiger partial charge on any atom is 0.315 e. The maximum absolute atomic E-state index is 12.5. The third-order valence-electron chi connectivity index (χ3n) is 4.31. The first kappa shape index (κ1) is 18.3. The topological polar surface area (TPSA) is 86.7 Å². The Morgan fingerprint density at radius 2 is 2.00 bits per heavy atom. The van der Waals surface area contributed by atoms with Crippen LogP contribution in [-0.2, 0) is 19.8 Å². The second kappa shape index (κ2) is 7.70. The summed E-state index contributed by atoms with van der Waals surface area (Å²) in [4.78, 5) is 37.7. The van der Waals surface area contributed by atoms with E-state index in [0.717, 1.165) is 0 Å². The van der Waals surface area contributed by atoms with E-state index >= 15 is 0 Å². The largest absolute Gasteiger partial charge is 0.481 e. The van der Waals surface area contributed by atoms with Crippen molar-refractivity contribution in [3.8, 4) is 0 Å². The van der Waals surface area contributed by atoms with Gasteiger partial charge in [-0.2, -0.15) is 0 Å². The van der Waals surface area contributed by atoms with E-state index < -0.39 is 17.4 Å². The number of carboxylic acid groups (broad SMARTS) is 1. The molecule has 0 radical (unpaired) electrons. The zero-order valence-corrected chi connectivity index (χ0v) is 14.6. The summed E-state index contributed by atoms with van der Waals surface area (Å²) in [6, 6.07) is 8.29. The lowest BCUT2D eigenvalue weighted by molar-refractivity contribution is -0.144. The van der Waals surface area contributed by atoms with Crippen molar-refractivity contribution in [1.82, 2.24) is 10.2 Å². The number of nitrogens with zero attached hydrogens (tertiary/aromatic N) is 1. The van der Waals surface area contributed by atoms with Gasteiger partial charge in [-0.3, -0.25) is 14.4 Å². The summed E-state index contributed by atoms with van der Waals surface area (Å²) in [5, 5.41) is 12.3. The normalized spacial score (nSPS) is 19.6. The van der Waals surface area contributed by atoms with Crippen molar-refractivity contribution in [1.29, 1.82) is 0 Å². The van der Waals surface area contributed by atoms with E-state index in [1.165, 1.54) is 11.8 Å². The zero-order chi connectivity index (χ0) is 17.7. The number of amides is 2. The van der Waals surface area contributed by atoms with Crippen LogP contribution in [0.15, 0.2) is 30.3 Å². The van der Waals surface area contributed by atoms with Crippen LogP contribution in [0.3, 0.4) is 0 Å². The van der Waals surface area contributed by atoms with Crippen LogP contribution in [0.5, 0.6) is 0 Å².